The molecule has 0 aliphatic rings. The van der Waals surface area contributed by atoms with Gasteiger partial charge in [0, 0.05) is 22.7 Å². The van der Waals surface area contributed by atoms with Gasteiger partial charge in [0.05, 0.1) is 16.6 Å². The molecule has 0 atom stereocenters. The summed E-state index contributed by atoms with van der Waals surface area (Å²) in [5.41, 5.74) is 1.13. The van der Waals surface area contributed by atoms with Crippen LogP contribution in [0.1, 0.15) is 11.1 Å². The van der Waals surface area contributed by atoms with E-state index in [2.05, 4.69) is 0 Å². The molecule has 0 aromatic heterocycles. The average Bonchev–Trinajstić information content (AvgIpc) is 2.48. The lowest BCUT2D eigenvalue weighted by Gasteiger charge is -2.02. The molecule has 5 nitrogen and oxygen atoms in total. The number of nitriles is 1. The second kappa shape index (κ2) is 6.07. The van der Waals surface area contributed by atoms with E-state index in [1.807, 2.05) is 6.07 Å². The lowest BCUT2D eigenvalue weighted by molar-refractivity contribution is -0.384. The highest BCUT2D eigenvalue weighted by molar-refractivity contribution is 6.30. The second-order valence-electron chi connectivity index (χ2n) is 4.18. The largest absolute Gasteiger partial charge is 0.507 e. The van der Waals surface area contributed by atoms with Gasteiger partial charge in [-0.15, -0.1) is 0 Å². The zero-order chi connectivity index (χ0) is 15.4. The van der Waals surface area contributed by atoms with Gasteiger partial charge in [-0.05, 0) is 42.0 Å². The van der Waals surface area contributed by atoms with Crippen molar-refractivity contribution in [2.75, 3.05) is 0 Å². The third-order valence-corrected chi connectivity index (χ3v) is 3.03. The molecule has 6 heteroatoms. The molecule has 1 N–H and O–H groups in total. The Hall–Kier alpha value is -2.84. The molecule has 0 heterocycles. The number of benzene rings is 2. The molecular formula is C15H9ClN2O3. The molecule has 0 bridgehead atoms. The van der Waals surface area contributed by atoms with Crippen LogP contribution in [0.3, 0.4) is 0 Å². The second-order valence-corrected chi connectivity index (χ2v) is 4.61. The number of rotatable bonds is 3. The summed E-state index contributed by atoms with van der Waals surface area (Å²) >= 11 is 5.85. The Morgan fingerprint density at radius 1 is 1.29 bits per heavy atom. The van der Waals surface area contributed by atoms with Crippen LogP contribution >= 0.6 is 11.6 Å². The Morgan fingerprint density at radius 3 is 2.52 bits per heavy atom. The number of allylic oxidation sites excluding steroid dienone is 1. The minimum Gasteiger partial charge on any atom is -0.507 e. The average molecular weight is 301 g/mol. The Balaban J connectivity index is 2.44. The number of phenolic OH excluding ortho intramolecular Hbond substituents is 1. The first-order chi connectivity index (χ1) is 10.0. The van der Waals surface area contributed by atoms with Crippen LogP contribution in [0.25, 0.3) is 11.6 Å². The first-order valence-electron chi connectivity index (χ1n) is 5.86. The van der Waals surface area contributed by atoms with E-state index in [-0.39, 0.29) is 17.0 Å². The molecule has 0 aliphatic heterocycles. The summed E-state index contributed by atoms with van der Waals surface area (Å²) in [6.45, 7) is 0. The van der Waals surface area contributed by atoms with E-state index in [1.54, 1.807) is 0 Å². The van der Waals surface area contributed by atoms with E-state index >= 15 is 0 Å². The third-order valence-electron chi connectivity index (χ3n) is 2.80. The summed E-state index contributed by atoms with van der Waals surface area (Å²) in [5.74, 6) is -0.00550. The minimum atomic E-state index is -0.512. The number of halogens is 1. The summed E-state index contributed by atoms with van der Waals surface area (Å²) in [4.78, 5) is 10.1. The zero-order valence-electron chi connectivity index (χ0n) is 10.7. The lowest BCUT2D eigenvalue weighted by Crippen LogP contribution is -1.88. The fourth-order valence-corrected chi connectivity index (χ4v) is 1.92. The summed E-state index contributed by atoms with van der Waals surface area (Å²) in [6.07, 6.45) is 1.47. The van der Waals surface area contributed by atoms with Crippen LogP contribution in [0.15, 0.2) is 42.5 Å². The molecule has 0 fully saturated rings. The van der Waals surface area contributed by atoms with Crippen molar-refractivity contribution in [3.63, 3.8) is 0 Å². The topological polar surface area (TPSA) is 87.2 Å². The van der Waals surface area contributed by atoms with Crippen LogP contribution in [0.4, 0.5) is 5.69 Å². The van der Waals surface area contributed by atoms with Gasteiger partial charge in [-0.1, -0.05) is 11.6 Å². The zero-order valence-corrected chi connectivity index (χ0v) is 11.4. The molecule has 0 saturated heterocycles. The number of non-ortho nitro benzene ring substituents is 1. The van der Waals surface area contributed by atoms with Crippen molar-refractivity contribution in [1.82, 2.24) is 0 Å². The van der Waals surface area contributed by atoms with Crippen LogP contribution in [-0.4, -0.2) is 10.0 Å². The van der Waals surface area contributed by atoms with Crippen molar-refractivity contribution in [2.24, 2.45) is 0 Å². The molecule has 0 aliphatic carbocycles. The Labute approximate surface area is 125 Å². The third kappa shape index (κ3) is 3.38. The SMILES string of the molecule is N#C/C(=C/c1cc(Cl)ccc1O)c1ccc([N+](=O)[O-])cc1. The van der Waals surface area contributed by atoms with Crippen LogP contribution < -0.4 is 0 Å². The molecule has 0 spiro atoms. The Kier molecular flexibility index (Phi) is 4.21. The number of hydrogen-bond acceptors (Lipinski definition) is 4. The van der Waals surface area contributed by atoms with E-state index in [9.17, 15) is 20.5 Å². The summed E-state index contributed by atoms with van der Waals surface area (Å²) in [6, 6.07) is 12.1. The summed E-state index contributed by atoms with van der Waals surface area (Å²) in [5, 5.41) is 30.0. The highest BCUT2D eigenvalue weighted by atomic mass is 35.5. The maximum absolute atomic E-state index is 10.6. The molecule has 21 heavy (non-hydrogen) atoms. The van der Waals surface area contributed by atoms with Gasteiger partial charge in [-0.3, -0.25) is 10.1 Å². The van der Waals surface area contributed by atoms with Gasteiger partial charge < -0.3 is 5.11 Å². The lowest BCUT2D eigenvalue weighted by atomic mass is 10.0. The number of nitro groups is 1. The number of nitrogens with zero attached hydrogens (tertiary/aromatic N) is 2. The number of aromatic hydroxyl groups is 1. The minimum absolute atomic E-state index is 0.00550. The van der Waals surface area contributed by atoms with Crippen LogP contribution in [0.5, 0.6) is 5.75 Å². The predicted molar refractivity (Wildman–Crippen MR) is 79.7 cm³/mol. The molecule has 0 radical (unpaired) electrons. The van der Waals surface area contributed by atoms with Crippen molar-refractivity contribution >= 4 is 28.9 Å². The fourth-order valence-electron chi connectivity index (χ4n) is 1.74. The van der Waals surface area contributed by atoms with E-state index in [1.165, 1.54) is 48.5 Å². The van der Waals surface area contributed by atoms with Crippen molar-refractivity contribution in [1.29, 1.82) is 5.26 Å². The first-order valence-corrected chi connectivity index (χ1v) is 6.24. The van der Waals surface area contributed by atoms with Crippen LogP contribution in [-0.2, 0) is 0 Å². The highest BCUT2D eigenvalue weighted by Crippen LogP contribution is 2.27. The van der Waals surface area contributed by atoms with Crippen LogP contribution in [0, 0.1) is 21.4 Å². The Morgan fingerprint density at radius 2 is 1.95 bits per heavy atom. The standard InChI is InChI=1S/C15H9ClN2O3/c16-13-3-6-15(19)11(8-13)7-12(9-17)10-1-4-14(5-2-10)18(20)21/h1-8,19H/b12-7-. The van der Waals surface area contributed by atoms with E-state index in [0.717, 1.165) is 0 Å². The molecule has 0 amide bonds. The monoisotopic (exact) mass is 300 g/mol. The summed E-state index contributed by atoms with van der Waals surface area (Å²) in [7, 11) is 0. The summed E-state index contributed by atoms with van der Waals surface area (Å²) < 4.78 is 0. The molecule has 0 unspecified atom stereocenters. The highest BCUT2D eigenvalue weighted by Gasteiger charge is 2.08. The molecule has 2 rings (SSSR count). The molecule has 0 saturated carbocycles. The number of nitro benzene ring substituents is 1. The molecule has 104 valence electrons. The van der Waals surface area contributed by atoms with Crippen molar-refractivity contribution in [3.05, 3.63) is 68.7 Å². The predicted octanol–water partition coefficient (Wildman–Crippen LogP) is 4.02. The van der Waals surface area contributed by atoms with Gasteiger partial charge >= 0.3 is 0 Å². The fraction of sp³-hybridized carbons (Fsp3) is 0. The van der Waals surface area contributed by atoms with Gasteiger partial charge in [0.25, 0.3) is 5.69 Å². The molecular weight excluding hydrogens is 292 g/mol. The van der Waals surface area contributed by atoms with Gasteiger partial charge in [-0.25, -0.2) is 0 Å². The van der Waals surface area contributed by atoms with Crippen molar-refractivity contribution in [2.45, 2.75) is 0 Å². The van der Waals surface area contributed by atoms with Crippen LogP contribution in [0.2, 0.25) is 5.02 Å². The first kappa shape index (κ1) is 14.6. The van der Waals surface area contributed by atoms with E-state index in [4.69, 9.17) is 11.6 Å². The number of hydrogen-bond donors (Lipinski definition) is 1. The normalized spacial score (nSPS) is 11.0. The Bertz CT molecular complexity index is 761. The van der Waals surface area contributed by atoms with Gasteiger partial charge in [0.15, 0.2) is 0 Å². The number of phenols is 1. The molecule has 2 aromatic rings. The van der Waals surface area contributed by atoms with Gasteiger partial charge in [-0.2, -0.15) is 5.26 Å². The van der Waals surface area contributed by atoms with E-state index in [0.29, 0.717) is 16.1 Å². The quantitative estimate of drug-likeness (QED) is 0.401. The van der Waals surface area contributed by atoms with Gasteiger partial charge in [0.1, 0.15) is 5.75 Å². The smallest absolute Gasteiger partial charge is 0.269 e. The maximum Gasteiger partial charge on any atom is 0.269 e. The van der Waals surface area contributed by atoms with Gasteiger partial charge in [0.2, 0.25) is 0 Å². The van der Waals surface area contributed by atoms with E-state index < -0.39 is 4.92 Å². The van der Waals surface area contributed by atoms with Crippen molar-refractivity contribution < 1.29 is 10.0 Å². The van der Waals surface area contributed by atoms with Crippen molar-refractivity contribution in [3.8, 4) is 11.8 Å². The maximum atomic E-state index is 10.6. The molecule has 2 aromatic carbocycles.